The molecule has 8 nitrogen and oxygen atoms in total. The van der Waals surface area contributed by atoms with Crippen molar-refractivity contribution in [3.63, 3.8) is 0 Å². The average Bonchev–Trinajstić information content (AvgIpc) is 3.49. The third-order valence-electron chi connectivity index (χ3n) is 11.4. The summed E-state index contributed by atoms with van der Waals surface area (Å²) in [5.41, 5.74) is -4.86. The summed E-state index contributed by atoms with van der Waals surface area (Å²) in [5, 5.41) is 34.9. The molecule has 0 amide bonds. The predicted molar refractivity (Wildman–Crippen MR) is 195 cm³/mol. The first-order valence-electron chi connectivity index (χ1n) is 18.4. The number of aliphatic hydroxyl groups excluding tert-OH is 1. The standard InChI is InChI=1S/C42H58O8/c1-7-8-9-10-11-12-13-14-15-16-17-18-19-20-21-22-23-24-35(45)49-38-30(3)41(48)33(36-39(5,6)42(36,38)50-31(4)44)26-32(28-43)27-40(47)34(41)25-29(2)37(40)46/h8-9,11-12,14-15,17-18,20-21,25-26,30,33-34,36,38,43,47-48H,7,10,13,16,19,22-24,27-28H2,1-6H3/b9-8-,12-11-,15-14-,18-17-,21-20-/t30-,33+,34-,36-,38-,40-,41-,42-/m1/s1. The highest BCUT2D eigenvalue weighted by molar-refractivity contribution is 6.04. The van der Waals surface area contributed by atoms with Crippen molar-refractivity contribution < 1.29 is 39.2 Å². The van der Waals surface area contributed by atoms with Crippen LogP contribution >= 0.6 is 0 Å². The number of hydrogen-bond acceptors (Lipinski definition) is 8. The van der Waals surface area contributed by atoms with Crippen LogP contribution in [0.15, 0.2) is 84.1 Å². The summed E-state index contributed by atoms with van der Waals surface area (Å²) in [6.07, 6.45) is 29.7. The first-order chi connectivity index (χ1) is 23.7. The van der Waals surface area contributed by atoms with Crippen molar-refractivity contribution in [1.29, 1.82) is 0 Å². The van der Waals surface area contributed by atoms with Gasteiger partial charge in [0.25, 0.3) is 0 Å². The maximum Gasteiger partial charge on any atom is 0.306 e. The number of fused-ring (bicyclic) bond motifs is 5. The Balaban J connectivity index is 1.38. The molecule has 4 aliphatic carbocycles. The number of ether oxygens (including phenoxy) is 2. The van der Waals surface area contributed by atoms with E-state index in [1.54, 1.807) is 26.0 Å². The van der Waals surface area contributed by atoms with Gasteiger partial charge >= 0.3 is 11.9 Å². The second-order valence-electron chi connectivity index (χ2n) is 15.0. The van der Waals surface area contributed by atoms with Gasteiger partial charge in [-0.3, -0.25) is 14.4 Å². The number of Topliss-reactive ketones (excluding diaryl/α,β-unsaturated/α-hetero) is 1. The molecule has 0 spiro atoms. The molecule has 0 aromatic heterocycles. The molecule has 4 aliphatic rings. The summed E-state index contributed by atoms with van der Waals surface area (Å²) in [7, 11) is 0. The highest BCUT2D eigenvalue weighted by Gasteiger charge is 2.87. The van der Waals surface area contributed by atoms with Crippen LogP contribution in [0.25, 0.3) is 0 Å². The maximum absolute atomic E-state index is 13.4. The zero-order chi connectivity index (χ0) is 36.7. The molecule has 3 N–H and O–H groups in total. The van der Waals surface area contributed by atoms with Crippen LogP contribution in [-0.4, -0.2) is 62.6 Å². The van der Waals surface area contributed by atoms with Crippen molar-refractivity contribution in [3.8, 4) is 0 Å². The lowest BCUT2D eigenvalue weighted by Gasteiger charge is -2.53. The molecule has 8 heteroatoms. The number of carbonyl (C=O) groups excluding carboxylic acids is 3. The number of carbonyl (C=O) groups is 3. The molecule has 0 aromatic rings. The van der Waals surface area contributed by atoms with E-state index in [4.69, 9.17) is 9.47 Å². The fourth-order valence-corrected chi connectivity index (χ4v) is 8.99. The van der Waals surface area contributed by atoms with Crippen LogP contribution in [-0.2, 0) is 23.9 Å². The Labute approximate surface area is 298 Å². The number of allylic oxidation sites excluding steroid dienone is 10. The molecule has 8 atom stereocenters. The third-order valence-corrected chi connectivity index (χ3v) is 11.4. The first-order valence-corrected chi connectivity index (χ1v) is 18.4. The van der Waals surface area contributed by atoms with E-state index in [1.165, 1.54) is 6.92 Å². The maximum atomic E-state index is 13.4. The smallest absolute Gasteiger partial charge is 0.306 e. The normalized spacial score (nSPS) is 34.6. The zero-order valence-electron chi connectivity index (χ0n) is 30.8. The Hall–Kier alpha value is -3.33. The van der Waals surface area contributed by atoms with Gasteiger partial charge in [0, 0.05) is 48.9 Å². The number of hydrogen-bond donors (Lipinski definition) is 3. The van der Waals surface area contributed by atoms with Crippen molar-refractivity contribution >= 4 is 17.7 Å². The molecule has 0 bridgehead atoms. The highest BCUT2D eigenvalue weighted by Crippen LogP contribution is 2.77. The van der Waals surface area contributed by atoms with Crippen LogP contribution in [0.3, 0.4) is 0 Å². The van der Waals surface area contributed by atoms with Gasteiger partial charge < -0.3 is 24.8 Å². The summed E-state index contributed by atoms with van der Waals surface area (Å²) in [6.45, 7) is 10.2. The molecule has 2 fully saturated rings. The molecule has 0 aliphatic heterocycles. The number of aliphatic hydroxyl groups is 3. The van der Waals surface area contributed by atoms with Crippen LogP contribution < -0.4 is 0 Å². The van der Waals surface area contributed by atoms with Gasteiger partial charge in [0.15, 0.2) is 11.4 Å². The van der Waals surface area contributed by atoms with Crippen LogP contribution in [0.1, 0.15) is 99.3 Å². The van der Waals surface area contributed by atoms with Crippen LogP contribution in [0.4, 0.5) is 0 Å². The molecular weight excluding hydrogens is 632 g/mol. The van der Waals surface area contributed by atoms with Gasteiger partial charge in [-0.15, -0.1) is 0 Å². The number of rotatable bonds is 16. The zero-order valence-corrected chi connectivity index (χ0v) is 30.8. The molecule has 0 radical (unpaired) electrons. The lowest BCUT2D eigenvalue weighted by atomic mass is 9.59. The van der Waals surface area contributed by atoms with Crippen molar-refractivity contribution in [3.05, 3.63) is 84.1 Å². The Bertz CT molecular complexity index is 1480. The van der Waals surface area contributed by atoms with E-state index in [9.17, 15) is 29.7 Å². The number of esters is 2. The van der Waals surface area contributed by atoms with Gasteiger partial charge in [-0.05, 0) is 63.0 Å². The number of unbranched alkanes of at least 4 members (excludes halogenated alkanes) is 1. The summed E-state index contributed by atoms with van der Waals surface area (Å²) in [4.78, 5) is 39.3. The quantitative estimate of drug-likeness (QED) is 0.0900. The van der Waals surface area contributed by atoms with Gasteiger partial charge in [-0.25, -0.2) is 0 Å². The van der Waals surface area contributed by atoms with Gasteiger partial charge in [0.05, 0.1) is 12.2 Å². The molecule has 274 valence electrons. The van der Waals surface area contributed by atoms with Crippen molar-refractivity contribution in [2.24, 2.45) is 29.1 Å². The summed E-state index contributed by atoms with van der Waals surface area (Å²) < 4.78 is 12.3. The summed E-state index contributed by atoms with van der Waals surface area (Å²) in [5.74, 6) is -4.50. The summed E-state index contributed by atoms with van der Waals surface area (Å²) in [6, 6.07) is 0. The second kappa shape index (κ2) is 16.3. The second-order valence-corrected chi connectivity index (χ2v) is 15.0. The van der Waals surface area contributed by atoms with Crippen molar-refractivity contribution in [1.82, 2.24) is 0 Å². The Morgan fingerprint density at radius 2 is 1.48 bits per heavy atom. The third kappa shape index (κ3) is 7.49. The van der Waals surface area contributed by atoms with Gasteiger partial charge in [-0.1, -0.05) is 101 Å². The largest absolute Gasteiger partial charge is 0.458 e. The monoisotopic (exact) mass is 690 g/mol. The fourth-order valence-electron chi connectivity index (χ4n) is 8.99. The molecule has 4 rings (SSSR count). The molecular formula is C42H58O8. The van der Waals surface area contributed by atoms with Gasteiger partial charge in [-0.2, -0.15) is 0 Å². The number of ketones is 1. The summed E-state index contributed by atoms with van der Waals surface area (Å²) >= 11 is 0. The Morgan fingerprint density at radius 1 is 0.920 bits per heavy atom. The first kappa shape index (κ1) is 39.5. The molecule has 0 saturated heterocycles. The van der Waals surface area contributed by atoms with Crippen molar-refractivity contribution in [2.45, 2.75) is 122 Å². The van der Waals surface area contributed by atoms with E-state index in [0.29, 0.717) is 24.0 Å². The highest BCUT2D eigenvalue weighted by atomic mass is 16.6. The molecule has 2 saturated carbocycles. The van der Waals surface area contributed by atoms with Crippen LogP contribution in [0, 0.1) is 29.1 Å². The van der Waals surface area contributed by atoms with E-state index in [-0.39, 0.29) is 12.8 Å². The minimum absolute atomic E-state index is 0.125. The lowest BCUT2D eigenvalue weighted by Crippen LogP contribution is -2.66. The van der Waals surface area contributed by atoms with E-state index in [1.807, 2.05) is 19.9 Å². The van der Waals surface area contributed by atoms with Gasteiger partial charge in [0.1, 0.15) is 11.7 Å². The minimum Gasteiger partial charge on any atom is -0.458 e. The fraction of sp³-hybridized carbons (Fsp3) is 0.595. The Kier molecular flexibility index (Phi) is 12.9. The molecule has 0 aromatic carbocycles. The SMILES string of the molecule is CC/C=C\C/C=C\C/C=C\C/C=C\C/C=C\CCCC(=O)O[C@@H]1[C@@H](C)[C@@]2(O)[C@@H](C=C(CO)C[C@]3(O)C(=O)C(C)=C[C@@H]23)[C@@H]2C(C)(C)[C@]12OC(C)=O. The van der Waals surface area contributed by atoms with E-state index in [2.05, 4.69) is 61.6 Å². The average molecular weight is 691 g/mol. The predicted octanol–water partition coefficient (Wildman–Crippen LogP) is 6.97. The Morgan fingerprint density at radius 3 is 2.02 bits per heavy atom. The van der Waals surface area contributed by atoms with E-state index in [0.717, 1.165) is 32.1 Å². The topological polar surface area (TPSA) is 130 Å². The van der Waals surface area contributed by atoms with E-state index < -0.39 is 76.3 Å². The molecule has 0 unspecified atom stereocenters. The van der Waals surface area contributed by atoms with Crippen molar-refractivity contribution in [2.75, 3.05) is 6.61 Å². The van der Waals surface area contributed by atoms with Crippen LogP contribution in [0.2, 0.25) is 0 Å². The van der Waals surface area contributed by atoms with Gasteiger partial charge in [0.2, 0.25) is 0 Å². The molecule has 50 heavy (non-hydrogen) atoms. The van der Waals surface area contributed by atoms with E-state index >= 15 is 0 Å². The molecule has 0 heterocycles. The van der Waals surface area contributed by atoms with Crippen LogP contribution in [0.5, 0.6) is 0 Å². The lowest BCUT2D eigenvalue weighted by molar-refractivity contribution is -0.228. The minimum atomic E-state index is -1.95.